The summed E-state index contributed by atoms with van der Waals surface area (Å²) in [4.78, 5) is 14.5. The zero-order valence-electron chi connectivity index (χ0n) is 8.64. The summed E-state index contributed by atoms with van der Waals surface area (Å²) in [6.45, 7) is 1.42. The maximum absolute atomic E-state index is 12.5. The number of hydrogen-bond donors (Lipinski definition) is 1. The minimum atomic E-state index is -4.44. The first-order chi connectivity index (χ1) is 7.45. The molecule has 0 aliphatic carbocycles. The van der Waals surface area contributed by atoms with Gasteiger partial charge < -0.3 is 5.32 Å². The molecule has 0 saturated carbocycles. The molecule has 0 bridgehead atoms. The second-order valence-electron chi connectivity index (χ2n) is 3.13. The molecule has 1 heterocycles. The Bertz CT molecular complexity index is 377. The normalized spacial score (nSPS) is 11.2. The number of pyridine rings is 1. The Morgan fingerprint density at radius 3 is 2.75 bits per heavy atom. The summed E-state index contributed by atoms with van der Waals surface area (Å²) in [5.74, 6) is -0.307. The molecule has 1 rings (SSSR count). The Morgan fingerprint density at radius 2 is 2.19 bits per heavy atom. The predicted molar refractivity (Wildman–Crippen MR) is 51.4 cm³/mol. The summed E-state index contributed by atoms with van der Waals surface area (Å²) in [6, 6.07) is 2.16. The van der Waals surface area contributed by atoms with Crippen molar-refractivity contribution in [1.29, 1.82) is 0 Å². The third-order valence-electron chi connectivity index (χ3n) is 1.97. The van der Waals surface area contributed by atoms with Gasteiger partial charge in [-0.2, -0.15) is 13.2 Å². The quantitative estimate of drug-likeness (QED) is 0.867. The van der Waals surface area contributed by atoms with Gasteiger partial charge in [0.25, 0.3) is 0 Å². The molecule has 16 heavy (non-hydrogen) atoms. The molecule has 0 aliphatic rings. The summed E-state index contributed by atoms with van der Waals surface area (Å²) in [7, 11) is 0. The number of nitrogens with one attached hydrogen (secondary N) is 1. The highest BCUT2D eigenvalue weighted by molar-refractivity contribution is 5.75. The molecule has 1 aromatic rings. The molecular weight excluding hydrogens is 221 g/mol. The number of nitrogens with zero attached hydrogens (tertiary/aromatic N) is 1. The van der Waals surface area contributed by atoms with Crippen molar-refractivity contribution in [3.8, 4) is 0 Å². The number of hydrogen-bond acceptors (Lipinski definition) is 2. The van der Waals surface area contributed by atoms with Crippen molar-refractivity contribution in [2.75, 3.05) is 0 Å². The average Bonchev–Trinajstić information content (AvgIpc) is 2.25. The molecule has 0 fully saturated rings. The van der Waals surface area contributed by atoms with E-state index in [1.165, 1.54) is 12.3 Å². The molecule has 3 nitrogen and oxygen atoms in total. The molecule has 0 atom stereocenters. The minimum Gasteiger partial charge on any atom is -0.350 e. The average molecular weight is 232 g/mol. The fourth-order valence-corrected chi connectivity index (χ4v) is 1.14. The molecule has 0 spiro atoms. The van der Waals surface area contributed by atoms with Crippen molar-refractivity contribution in [2.45, 2.75) is 26.1 Å². The molecule has 0 unspecified atom stereocenters. The fourth-order valence-electron chi connectivity index (χ4n) is 1.14. The zero-order chi connectivity index (χ0) is 12.2. The summed E-state index contributed by atoms with van der Waals surface area (Å²) in [5.41, 5.74) is -0.983. The second kappa shape index (κ2) is 4.96. The first-order valence-corrected chi connectivity index (χ1v) is 4.73. The van der Waals surface area contributed by atoms with Gasteiger partial charge in [-0.15, -0.1) is 0 Å². The van der Waals surface area contributed by atoms with Crippen LogP contribution in [0, 0.1) is 0 Å². The summed E-state index contributed by atoms with van der Waals surface area (Å²) in [5, 5.41) is 2.36. The molecule has 0 radical (unpaired) electrons. The summed E-state index contributed by atoms with van der Waals surface area (Å²) < 4.78 is 37.5. The molecule has 0 saturated heterocycles. The molecule has 0 aliphatic heterocycles. The largest absolute Gasteiger partial charge is 0.418 e. The van der Waals surface area contributed by atoms with Crippen molar-refractivity contribution in [2.24, 2.45) is 0 Å². The number of amides is 1. The summed E-state index contributed by atoms with van der Waals surface area (Å²) >= 11 is 0. The zero-order valence-corrected chi connectivity index (χ0v) is 8.64. The van der Waals surface area contributed by atoms with E-state index >= 15 is 0 Å². The maximum Gasteiger partial charge on any atom is 0.418 e. The van der Waals surface area contributed by atoms with Crippen LogP contribution < -0.4 is 5.32 Å². The Morgan fingerprint density at radius 1 is 1.50 bits per heavy atom. The van der Waals surface area contributed by atoms with E-state index in [0.29, 0.717) is 0 Å². The van der Waals surface area contributed by atoms with Gasteiger partial charge >= 0.3 is 6.18 Å². The van der Waals surface area contributed by atoms with Crippen LogP contribution in [0.1, 0.15) is 24.6 Å². The van der Waals surface area contributed by atoms with Gasteiger partial charge in [0.1, 0.15) is 0 Å². The van der Waals surface area contributed by atoms with E-state index in [1.807, 2.05) is 0 Å². The van der Waals surface area contributed by atoms with Gasteiger partial charge in [0.05, 0.1) is 17.8 Å². The Kier molecular flexibility index (Phi) is 3.87. The van der Waals surface area contributed by atoms with E-state index in [0.717, 1.165) is 6.07 Å². The van der Waals surface area contributed by atoms with Crippen LogP contribution in [0.15, 0.2) is 18.3 Å². The SMILES string of the molecule is CCC(=O)NCc1ncccc1C(F)(F)F. The van der Waals surface area contributed by atoms with Crippen LogP contribution in [0.5, 0.6) is 0 Å². The molecule has 1 aromatic heterocycles. The van der Waals surface area contributed by atoms with Crippen molar-refractivity contribution >= 4 is 5.91 Å². The lowest BCUT2D eigenvalue weighted by atomic mass is 10.2. The number of halogens is 3. The van der Waals surface area contributed by atoms with E-state index in [2.05, 4.69) is 10.3 Å². The number of carbonyl (C=O) groups is 1. The smallest absolute Gasteiger partial charge is 0.350 e. The number of aromatic nitrogens is 1. The van der Waals surface area contributed by atoms with Crippen molar-refractivity contribution in [3.63, 3.8) is 0 Å². The van der Waals surface area contributed by atoms with Gasteiger partial charge in [0, 0.05) is 12.6 Å². The second-order valence-corrected chi connectivity index (χ2v) is 3.13. The van der Waals surface area contributed by atoms with Gasteiger partial charge in [-0.1, -0.05) is 6.92 Å². The number of alkyl halides is 3. The molecule has 1 amide bonds. The molecule has 6 heteroatoms. The third kappa shape index (κ3) is 3.22. The van der Waals surface area contributed by atoms with Gasteiger partial charge in [-0.05, 0) is 12.1 Å². The van der Waals surface area contributed by atoms with E-state index in [-0.39, 0.29) is 24.6 Å². The van der Waals surface area contributed by atoms with Crippen LogP contribution in [0.3, 0.4) is 0 Å². The first kappa shape index (κ1) is 12.5. The highest BCUT2D eigenvalue weighted by Gasteiger charge is 2.33. The van der Waals surface area contributed by atoms with Crippen LogP contribution in [-0.2, 0) is 17.5 Å². The molecule has 1 N–H and O–H groups in total. The molecule has 0 aromatic carbocycles. The van der Waals surface area contributed by atoms with Crippen LogP contribution in [0.4, 0.5) is 13.2 Å². The monoisotopic (exact) mass is 232 g/mol. The standard InChI is InChI=1S/C10H11F3N2O/c1-2-9(16)15-6-8-7(10(11,12)13)4-3-5-14-8/h3-5H,2,6H2,1H3,(H,15,16). The van der Waals surface area contributed by atoms with E-state index < -0.39 is 11.7 Å². The lowest BCUT2D eigenvalue weighted by Crippen LogP contribution is -2.24. The van der Waals surface area contributed by atoms with Crippen molar-refractivity contribution in [3.05, 3.63) is 29.6 Å². The Hall–Kier alpha value is -1.59. The third-order valence-corrected chi connectivity index (χ3v) is 1.97. The van der Waals surface area contributed by atoms with Gasteiger partial charge in [0.2, 0.25) is 5.91 Å². The van der Waals surface area contributed by atoms with Gasteiger partial charge in [-0.3, -0.25) is 9.78 Å². The maximum atomic E-state index is 12.5. The predicted octanol–water partition coefficient (Wildman–Crippen LogP) is 2.13. The highest BCUT2D eigenvalue weighted by Crippen LogP contribution is 2.30. The minimum absolute atomic E-state index is 0.170. The van der Waals surface area contributed by atoms with Crippen LogP contribution >= 0.6 is 0 Å². The summed E-state index contributed by atoms with van der Waals surface area (Å²) in [6.07, 6.45) is -2.95. The van der Waals surface area contributed by atoms with E-state index in [9.17, 15) is 18.0 Å². The van der Waals surface area contributed by atoms with Crippen molar-refractivity contribution in [1.82, 2.24) is 10.3 Å². The van der Waals surface area contributed by atoms with Crippen LogP contribution in [0.2, 0.25) is 0 Å². The Balaban J connectivity index is 2.84. The highest BCUT2D eigenvalue weighted by atomic mass is 19.4. The van der Waals surface area contributed by atoms with E-state index in [1.54, 1.807) is 6.92 Å². The topological polar surface area (TPSA) is 42.0 Å². The molecule has 88 valence electrons. The fraction of sp³-hybridized carbons (Fsp3) is 0.400. The van der Waals surface area contributed by atoms with E-state index in [4.69, 9.17) is 0 Å². The Labute approximate surface area is 90.7 Å². The van der Waals surface area contributed by atoms with Crippen LogP contribution in [0.25, 0.3) is 0 Å². The lowest BCUT2D eigenvalue weighted by molar-refractivity contribution is -0.138. The number of rotatable bonds is 3. The van der Waals surface area contributed by atoms with Crippen LogP contribution in [-0.4, -0.2) is 10.9 Å². The first-order valence-electron chi connectivity index (χ1n) is 4.73. The molecular formula is C10H11F3N2O. The lowest BCUT2D eigenvalue weighted by Gasteiger charge is -2.11. The van der Waals surface area contributed by atoms with Gasteiger partial charge in [0.15, 0.2) is 0 Å². The van der Waals surface area contributed by atoms with Gasteiger partial charge in [-0.25, -0.2) is 0 Å². The van der Waals surface area contributed by atoms with Crippen molar-refractivity contribution < 1.29 is 18.0 Å². The number of carbonyl (C=O) groups excluding carboxylic acids is 1.